The predicted molar refractivity (Wildman–Crippen MR) is 73.9 cm³/mol. The van der Waals surface area contributed by atoms with Gasteiger partial charge in [-0.05, 0) is 41.3 Å². The van der Waals surface area contributed by atoms with Gasteiger partial charge < -0.3 is 4.74 Å². The first kappa shape index (κ1) is 14.4. The van der Waals surface area contributed by atoms with Crippen LogP contribution in [-0.4, -0.2) is 16.9 Å². The lowest BCUT2D eigenvalue weighted by atomic mass is 10.2. The van der Waals surface area contributed by atoms with Crippen LogP contribution in [0.2, 0.25) is 0 Å². The molecular formula is C11H13Br2NO3. The third-order valence-corrected chi connectivity index (χ3v) is 3.53. The SMILES string of the molecule is O=[N+]([O-])c1cccc(OCCCCCBr)c1Br. The van der Waals surface area contributed by atoms with Crippen molar-refractivity contribution in [2.75, 3.05) is 11.9 Å². The van der Waals surface area contributed by atoms with E-state index >= 15 is 0 Å². The fraction of sp³-hybridized carbons (Fsp3) is 0.455. The van der Waals surface area contributed by atoms with Crippen LogP contribution in [-0.2, 0) is 0 Å². The number of unbranched alkanes of at least 4 members (excludes halogenated alkanes) is 2. The Morgan fingerprint density at radius 2 is 2.06 bits per heavy atom. The van der Waals surface area contributed by atoms with Gasteiger partial charge in [0.1, 0.15) is 10.2 Å². The van der Waals surface area contributed by atoms with Crippen molar-refractivity contribution < 1.29 is 9.66 Å². The lowest BCUT2D eigenvalue weighted by Crippen LogP contribution is -1.99. The van der Waals surface area contributed by atoms with Crippen molar-refractivity contribution in [1.82, 2.24) is 0 Å². The van der Waals surface area contributed by atoms with E-state index in [2.05, 4.69) is 31.9 Å². The summed E-state index contributed by atoms with van der Waals surface area (Å²) in [6.45, 7) is 0.576. The van der Waals surface area contributed by atoms with Crippen molar-refractivity contribution in [3.63, 3.8) is 0 Å². The van der Waals surface area contributed by atoms with Gasteiger partial charge in [-0.2, -0.15) is 0 Å². The molecule has 0 saturated heterocycles. The molecule has 1 rings (SSSR count). The molecule has 0 aliphatic heterocycles. The molecule has 0 fully saturated rings. The van der Waals surface area contributed by atoms with Crippen molar-refractivity contribution >= 4 is 37.5 Å². The van der Waals surface area contributed by atoms with Crippen molar-refractivity contribution in [1.29, 1.82) is 0 Å². The molecule has 17 heavy (non-hydrogen) atoms. The van der Waals surface area contributed by atoms with Crippen molar-refractivity contribution in [3.8, 4) is 5.75 Å². The molecule has 0 aliphatic rings. The third kappa shape index (κ3) is 4.63. The van der Waals surface area contributed by atoms with Gasteiger partial charge in [-0.25, -0.2) is 0 Å². The number of ether oxygens (including phenoxy) is 1. The van der Waals surface area contributed by atoms with Crippen LogP contribution in [0, 0.1) is 10.1 Å². The molecule has 0 atom stereocenters. The van der Waals surface area contributed by atoms with Gasteiger partial charge in [0.2, 0.25) is 0 Å². The number of nitro groups is 1. The number of hydrogen-bond donors (Lipinski definition) is 0. The summed E-state index contributed by atoms with van der Waals surface area (Å²) in [6.07, 6.45) is 3.14. The lowest BCUT2D eigenvalue weighted by molar-refractivity contribution is -0.385. The molecule has 0 spiro atoms. The van der Waals surface area contributed by atoms with Crippen molar-refractivity contribution in [3.05, 3.63) is 32.8 Å². The van der Waals surface area contributed by atoms with Crippen LogP contribution >= 0.6 is 31.9 Å². The van der Waals surface area contributed by atoms with Crippen LogP contribution in [0.25, 0.3) is 0 Å². The summed E-state index contributed by atoms with van der Waals surface area (Å²) in [4.78, 5) is 10.3. The summed E-state index contributed by atoms with van der Waals surface area (Å²) in [5.74, 6) is 0.526. The first-order valence-electron chi connectivity index (χ1n) is 5.28. The minimum absolute atomic E-state index is 0.0305. The molecule has 0 bridgehead atoms. The van der Waals surface area contributed by atoms with E-state index in [1.54, 1.807) is 12.1 Å². The smallest absolute Gasteiger partial charge is 0.287 e. The Kier molecular flexibility index (Phi) is 6.50. The second kappa shape index (κ2) is 7.66. The maximum Gasteiger partial charge on any atom is 0.287 e. The van der Waals surface area contributed by atoms with Crippen LogP contribution in [0.15, 0.2) is 22.7 Å². The van der Waals surface area contributed by atoms with Gasteiger partial charge in [0.15, 0.2) is 0 Å². The highest BCUT2D eigenvalue weighted by Crippen LogP contribution is 2.33. The van der Waals surface area contributed by atoms with E-state index in [1.807, 2.05) is 0 Å². The highest BCUT2D eigenvalue weighted by atomic mass is 79.9. The molecule has 0 unspecified atom stereocenters. The summed E-state index contributed by atoms with van der Waals surface area (Å²) in [7, 11) is 0. The molecule has 0 aliphatic carbocycles. The van der Waals surface area contributed by atoms with Crippen LogP contribution in [0.5, 0.6) is 5.75 Å². The van der Waals surface area contributed by atoms with Crippen LogP contribution in [0.3, 0.4) is 0 Å². The molecule has 0 heterocycles. The zero-order valence-electron chi connectivity index (χ0n) is 9.20. The van der Waals surface area contributed by atoms with Gasteiger partial charge >= 0.3 is 0 Å². The van der Waals surface area contributed by atoms with Gasteiger partial charge in [0.25, 0.3) is 5.69 Å². The summed E-state index contributed by atoms with van der Waals surface area (Å²) in [6, 6.07) is 4.79. The Hall–Kier alpha value is -0.620. The zero-order valence-corrected chi connectivity index (χ0v) is 12.4. The standard InChI is InChI=1S/C11H13Br2NO3/c12-7-2-1-3-8-17-10-6-4-5-9(11(10)13)14(15)16/h4-6H,1-3,7-8H2. The number of nitrogens with zero attached hydrogens (tertiary/aromatic N) is 1. The molecule has 94 valence electrons. The molecule has 1 aromatic carbocycles. The van der Waals surface area contributed by atoms with E-state index in [0.717, 1.165) is 24.6 Å². The predicted octanol–water partition coefficient (Wildman–Crippen LogP) is 4.30. The normalized spacial score (nSPS) is 10.2. The first-order chi connectivity index (χ1) is 8.16. The second-order valence-electron chi connectivity index (χ2n) is 3.44. The number of halogens is 2. The maximum atomic E-state index is 10.7. The van der Waals surface area contributed by atoms with Gasteiger partial charge in [-0.1, -0.05) is 22.0 Å². The maximum absolute atomic E-state index is 10.7. The molecule has 4 nitrogen and oxygen atoms in total. The van der Waals surface area contributed by atoms with Gasteiger partial charge in [-0.15, -0.1) is 0 Å². The molecule has 0 saturated carbocycles. The minimum atomic E-state index is -0.429. The van der Waals surface area contributed by atoms with E-state index in [4.69, 9.17) is 4.74 Å². The minimum Gasteiger partial charge on any atom is -0.492 e. The van der Waals surface area contributed by atoms with E-state index in [9.17, 15) is 10.1 Å². The summed E-state index contributed by atoms with van der Waals surface area (Å²) in [5, 5.41) is 11.7. The Labute approximate surface area is 117 Å². The Morgan fingerprint density at radius 1 is 1.29 bits per heavy atom. The van der Waals surface area contributed by atoms with E-state index < -0.39 is 4.92 Å². The van der Waals surface area contributed by atoms with E-state index in [0.29, 0.717) is 16.8 Å². The molecule has 1 aromatic rings. The highest BCUT2D eigenvalue weighted by molar-refractivity contribution is 9.10. The van der Waals surface area contributed by atoms with Crippen LogP contribution in [0.4, 0.5) is 5.69 Å². The Bertz CT molecular complexity index is 385. The fourth-order valence-electron chi connectivity index (χ4n) is 1.31. The number of nitro benzene ring substituents is 1. The summed E-state index contributed by atoms with van der Waals surface area (Å²) in [5.41, 5.74) is 0.0305. The number of hydrogen-bond acceptors (Lipinski definition) is 3. The molecule has 0 aromatic heterocycles. The fourth-order valence-corrected chi connectivity index (χ4v) is 2.23. The van der Waals surface area contributed by atoms with Gasteiger partial charge in [-0.3, -0.25) is 10.1 Å². The number of benzene rings is 1. The van der Waals surface area contributed by atoms with Crippen LogP contribution < -0.4 is 4.74 Å². The number of alkyl halides is 1. The molecule has 0 N–H and O–H groups in total. The molecule has 0 amide bonds. The average molecular weight is 367 g/mol. The summed E-state index contributed by atoms with van der Waals surface area (Å²) < 4.78 is 5.92. The van der Waals surface area contributed by atoms with Gasteiger partial charge in [0, 0.05) is 11.4 Å². The van der Waals surface area contributed by atoms with Crippen molar-refractivity contribution in [2.45, 2.75) is 19.3 Å². The van der Waals surface area contributed by atoms with Crippen molar-refractivity contribution in [2.24, 2.45) is 0 Å². The third-order valence-electron chi connectivity index (χ3n) is 2.18. The van der Waals surface area contributed by atoms with Crippen LogP contribution in [0.1, 0.15) is 19.3 Å². The van der Waals surface area contributed by atoms with E-state index in [-0.39, 0.29) is 5.69 Å². The Morgan fingerprint density at radius 3 is 2.71 bits per heavy atom. The quantitative estimate of drug-likeness (QED) is 0.313. The largest absolute Gasteiger partial charge is 0.492 e. The topological polar surface area (TPSA) is 52.4 Å². The molecular weight excluding hydrogens is 354 g/mol. The number of rotatable bonds is 7. The zero-order chi connectivity index (χ0) is 12.7. The van der Waals surface area contributed by atoms with Gasteiger partial charge in [0.05, 0.1) is 11.5 Å². The molecule has 0 radical (unpaired) electrons. The highest BCUT2D eigenvalue weighted by Gasteiger charge is 2.15. The average Bonchev–Trinajstić information content (AvgIpc) is 2.30. The first-order valence-corrected chi connectivity index (χ1v) is 7.20. The Balaban J connectivity index is 2.54. The molecule has 6 heteroatoms. The summed E-state index contributed by atoms with van der Waals surface area (Å²) >= 11 is 6.55. The monoisotopic (exact) mass is 365 g/mol. The second-order valence-corrected chi connectivity index (χ2v) is 5.03. The van der Waals surface area contributed by atoms with E-state index in [1.165, 1.54) is 6.07 Å². The lowest BCUT2D eigenvalue weighted by Gasteiger charge is -2.07.